The van der Waals surface area contributed by atoms with E-state index in [2.05, 4.69) is 31.9 Å². The molecule has 86 valence electrons. The zero-order chi connectivity index (χ0) is 12.1. The fourth-order valence-electron chi connectivity index (χ4n) is 1.25. The summed E-state index contributed by atoms with van der Waals surface area (Å²) in [6, 6.07) is 3.42. The van der Waals surface area contributed by atoms with Crippen LogP contribution >= 0.6 is 31.9 Å². The highest BCUT2D eigenvalue weighted by Crippen LogP contribution is 2.29. The lowest BCUT2D eigenvalue weighted by Crippen LogP contribution is -2.10. The number of esters is 1. The molecule has 0 saturated carbocycles. The van der Waals surface area contributed by atoms with Crippen LogP contribution in [0.4, 0.5) is 0 Å². The molecule has 0 atom stereocenters. The van der Waals surface area contributed by atoms with E-state index in [0.29, 0.717) is 22.2 Å². The SMILES string of the molecule is CCOC(=O)Cc1c(C=O)ccc(Br)c1Br. The van der Waals surface area contributed by atoms with Crippen molar-refractivity contribution in [1.29, 1.82) is 0 Å². The van der Waals surface area contributed by atoms with E-state index in [1.807, 2.05) is 0 Å². The minimum absolute atomic E-state index is 0.0853. The Bertz CT molecular complexity index is 416. The zero-order valence-corrected chi connectivity index (χ0v) is 11.8. The molecule has 3 nitrogen and oxygen atoms in total. The third kappa shape index (κ3) is 3.15. The molecule has 1 rings (SSSR count). The Morgan fingerprint density at radius 2 is 2.12 bits per heavy atom. The highest BCUT2D eigenvalue weighted by Gasteiger charge is 2.14. The van der Waals surface area contributed by atoms with Crippen molar-refractivity contribution in [3.05, 3.63) is 32.2 Å². The van der Waals surface area contributed by atoms with Crippen LogP contribution in [-0.4, -0.2) is 18.9 Å². The quantitative estimate of drug-likeness (QED) is 0.619. The summed E-state index contributed by atoms with van der Waals surface area (Å²) in [6.07, 6.45) is 0.813. The number of carbonyl (C=O) groups is 2. The summed E-state index contributed by atoms with van der Waals surface area (Å²) in [7, 11) is 0. The Hall–Kier alpha value is -0.680. The molecule has 0 spiro atoms. The third-order valence-electron chi connectivity index (χ3n) is 1.99. The van der Waals surface area contributed by atoms with Gasteiger partial charge in [-0.25, -0.2) is 0 Å². The van der Waals surface area contributed by atoms with E-state index in [0.717, 1.165) is 10.8 Å². The molecule has 1 aromatic carbocycles. The molecule has 0 saturated heterocycles. The Morgan fingerprint density at radius 1 is 1.44 bits per heavy atom. The first-order valence-corrected chi connectivity index (χ1v) is 6.26. The highest BCUT2D eigenvalue weighted by molar-refractivity contribution is 9.13. The summed E-state index contributed by atoms with van der Waals surface area (Å²) in [4.78, 5) is 22.2. The van der Waals surface area contributed by atoms with Crippen molar-refractivity contribution < 1.29 is 14.3 Å². The minimum Gasteiger partial charge on any atom is -0.466 e. The van der Waals surface area contributed by atoms with Gasteiger partial charge in [0.1, 0.15) is 6.29 Å². The fraction of sp³-hybridized carbons (Fsp3) is 0.273. The van der Waals surface area contributed by atoms with Crippen LogP contribution in [0, 0.1) is 0 Å². The Labute approximate surface area is 110 Å². The molecule has 0 heterocycles. The Morgan fingerprint density at radius 3 is 2.69 bits per heavy atom. The van der Waals surface area contributed by atoms with Crippen LogP contribution < -0.4 is 0 Å². The number of aldehydes is 1. The topological polar surface area (TPSA) is 43.4 Å². The first-order valence-electron chi connectivity index (χ1n) is 4.67. The summed E-state index contributed by atoms with van der Waals surface area (Å²) in [5.41, 5.74) is 1.13. The highest BCUT2D eigenvalue weighted by atomic mass is 79.9. The van der Waals surface area contributed by atoms with Crippen molar-refractivity contribution in [3.8, 4) is 0 Å². The predicted octanol–water partition coefficient (Wildman–Crippen LogP) is 3.13. The lowest BCUT2D eigenvalue weighted by Gasteiger charge is -2.08. The van der Waals surface area contributed by atoms with Gasteiger partial charge in [0.15, 0.2) is 0 Å². The van der Waals surface area contributed by atoms with Gasteiger partial charge in [0, 0.05) is 14.5 Å². The summed E-state index contributed by atoms with van der Waals surface area (Å²) in [5.74, 6) is -0.343. The molecule has 0 aliphatic heterocycles. The molecule has 0 radical (unpaired) electrons. The van der Waals surface area contributed by atoms with Crippen LogP contribution in [-0.2, 0) is 16.0 Å². The molecule has 1 aromatic rings. The third-order valence-corrected chi connectivity index (χ3v) is 4.08. The van der Waals surface area contributed by atoms with Crippen LogP contribution in [0.1, 0.15) is 22.8 Å². The van der Waals surface area contributed by atoms with Gasteiger partial charge in [0.2, 0.25) is 0 Å². The Kier molecular flexibility index (Phi) is 5.15. The van der Waals surface area contributed by atoms with Gasteiger partial charge in [0.25, 0.3) is 0 Å². The van der Waals surface area contributed by atoms with Gasteiger partial charge < -0.3 is 4.74 Å². The monoisotopic (exact) mass is 348 g/mol. The van der Waals surface area contributed by atoms with Crippen LogP contribution in [0.3, 0.4) is 0 Å². The summed E-state index contributed by atoms with van der Waals surface area (Å²) >= 11 is 6.66. The lowest BCUT2D eigenvalue weighted by molar-refractivity contribution is -0.142. The van der Waals surface area contributed by atoms with E-state index in [1.54, 1.807) is 19.1 Å². The number of halogens is 2. The fourth-order valence-corrected chi connectivity index (χ4v) is 2.13. The number of ether oxygens (including phenoxy) is 1. The number of hydrogen-bond acceptors (Lipinski definition) is 3. The van der Waals surface area contributed by atoms with Crippen LogP contribution in [0.15, 0.2) is 21.1 Å². The van der Waals surface area contributed by atoms with E-state index >= 15 is 0 Å². The maximum atomic E-state index is 11.4. The number of carbonyl (C=O) groups excluding carboxylic acids is 2. The molecular weight excluding hydrogens is 340 g/mol. The molecule has 0 fully saturated rings. The first-order chi connectivity index (χ1) is 7.60. The standard InChI is InChI=1S/C11H10Br2O3/c1-2-16-10(15)5-8-7(6-14)3-4-9(12)11(8)13/h3-4,6H,2,5H2,1H3. The van der Waals surface area contributed by atoms with E-state index in [4.69, 9.17) is 4.74 Å². The molecule has 0 N–H and O–H groups in total. The molecule has 0 bridgehead atoms. The molecule has 5 heteroatoms. The maximum absolute atomic E-state index is 11.4. The van der Waals surface area contributed by atoms with E-state index < -0.39 is 0 Å². The maximum Gasteiger partial charge on any atom is 0.310 e. The largest absolute Gasteiger partial charge is 0.466 e. The van der Waals surface area contributed by atoms with Crippen LogP contribution in [0.5, 0.6) is 0 Å². The van der Waals surface area contributed by atoms with E-state index in [-0.39, 0.29) is 12.4 Å². The zero-order valence-electron chi connectivity index (χ0n) is 8.63. The van der Waals surface area contributed by atoms with Gasteiger partial charge in [-0.15, -0.1) is 0 Å². The van der Waals surface area contributed by atoms with Gasteiger partial charge in [-0.2, -0.15) is 0 Å². The van der Waals surface area contributed by atoms with Gasteiger partial charge in [-0.05, 0) is 50.4 Å². The Balaban J connectivity index is 3.05. The van der Waals surface area contributed by atoms with Crippen molar-refractivity contribution in [2.75, 3.05) is 6.61 Å². The summed E-state index contributed by atoms with van der Waals surface area (Å²) in [5, 5.41) is 0. The summed E-state index contributed by atoms with van der Waals surface area (Å²) < 4.78 is 6.37. The molecule has 0 aliphatic rings. The molecular formula is C11H10Br2O3. The van der Waals surface area contributed by atoms with Gasteiger partial charge >= 0.3 is 5.97 Å². The lowest BCUT2D eigenvalue weighted by atomic mass is 10.1. The number of hydrogen-bond donors (Lipinski definition) is 0. The summed E-state index contributed by atoms with van der Waals surface area (Å²) in [6.45, 7) is 2.08. The minimum atomic E-state index is -0.343. The van der Waals surface area contributed by atoms with Crippen LogP contribution in [0.2, 0.25) is 0 Å². The second-order valence-electron chi connectivity index (χ2n) is 3.03. The van der Waals surface area contributed by atoms with Gasteiger partial charge in [-0.3, -0.25) is 9.59 Å². The van der Waals surface area contributed by atoms with Crippen molar-refractivity contribution >= 4 is 44.1 Å². The molecule has 0 aromatic heterocycles. The predicted molar refractivity (Wildman–Crippen MR) is 67.6 cm³/mol. The van der Waals surface area contributed by atoms with Gasteiger partial charge in [0.05, 0.1) is 13.0 Å². The van der Waals surface area contributed by atoms with Crippen molar-refractivity contribution in [3.63, 3.8) is 0 Å². The van der Waals surface area contributed by atoms with Crippen molar-refractivity contribution in [1.82, 2.24) is 0 Å². The smallest absolute Gasteiger partial charge is 0.310 e. The number of rotatable bonds is 4. The molecule has 16 heavy (non-hydrogen) atoms. The first kappa shape index (κ1) is 13.4. The van der Waals surface area contributed by atoms with E-state index in [9.17, 15) is 9.59 Å². The van der Waals surface area contributed by atoms with Crippen molar-refractivity contribution in [2.24, 2.45) is 0 Å². The average molecular weight is 350 g/mol. The molecule has 0 aliphatic carbocycles. The normalized spacial score (nSPS) is 9.94. The van der Waals surface area contributed by atoms with Crippen molar-refractivity contribution in [2.45, 2.75) is 13.3 Å². The van der Waals surface area contributed by atoms with E-state index in [1.165, 1.54) is 0 Å². The van der Waals surface area contributed by atoms with Gasteiger partial charge in [-0.1, -0.05) is 6.07 Å². The average Bonchev–Trinajstić information content (AvgIpc) is 2.25. The molecule has 0 unspecified atom stereocenters. The second kappa shape index (κ2) is 6.15. The van der Waals surface area contributed by atoms with Crippen LogP contribution in [0.25, 0.3) is 0 Å². The molecule has 0 amide bonds. The number of benzene rings is 1. The second-order valence-corrected chi connectivity index (χ2v) is 4.68.